The molecule has 0 aliphatic rings. The number of hydrogen-bond donors (Lipinski definition) is 2. The third-order valence-corrected chi connectivity index (χ3v) is 3.90. The van der Waals surface area contributed by atoms with E-state index < -0.39 is 0 Å². The maximum absolute atomic E-state index is 12.2. The average molecular weight is 331 g/mol. The number of rotatable bonds is 6. The number of aromatic nitrogens is 1. The van der Waals surface area contributed by atoms with Crippen LogP contribution in [0.2, 0.25) is 0 Å². The van der Waals surface area contributed by atoms with E-state index in [0.717, 1.165) is 30.0 Å². The molecule has 0 bridgehead atoms. The number of amides is 1. The van der Waals surface area contributed by atoms with Gasteiger partial charge in [0.25, 0.3) is 5.91 Å². The van der Waals surface area contributed by atoms with Crippen molar-refractivity contribution >= 4 is 17.3 Å². The zero-order valence-corrected chi connectivity index (χ0v) is 14.2. The van der Waals surface area contributed by atoms with Crippen LogP contribution in [0.4, 0.5) is 11.4 Å². The number of nitrogens with one attached hydrogen (secondary N) is 2. The summed E-state index contributed by atoms with van der Waals surface area (Å²) < 4.78 is 0. The highest BCUT2D eigenvalue weighted by atomic mass is 16.1. The molecule has 0 saturated heterocycles. The van der Waals surface area contributed by atoms with Crippen LogP contribution in [-0.2, 0) is 6.42 Å². The summed E-state index contributed by atoms with van der Waals surface area (Å²) >= 11 is 0. The van der Waals surface area contributed by atoms with E-state index in [0.29, 0.717) is 5.56 Å². The van der Waals surface area contributed by atoms with Gasteiger partial charge < -0.3 is 10.6 Å². The Balaban J connectivity index is 1.51. The van der Waals surface area contributed by atoms with Gasteiger partial charge in [0.05, 0.1) is 5.56 Å². The van der Waals surface area contributed by atoms with Crippen molar-refractivity contribution < 1.29 is 4.79 Å². The van der Waals surface area contributed by atoms with Gasteiger partial charge in [0, 0.05) is 29.8 Å². The molecule has 1 aromatic heterocycles. The fourth-order valence-electron chi connectivity index (χ4n) is 2.47. The summed E-state index contributed by atoms with van der Waals surface area (Å²) in [5, 5.41) is 6.27. The van der Waals surface area contributed by atoms with Crippen molar-refractivity contribution in [2.75, 3.05) is 17.2 Å². The third-order valence-electron chi connectivity index (χ3n) is 3.90. The van der Waals surface area contributed by atoms with Crippen LogP contribution < -0.4 is 10.6 Å². The van der Waals surface area contributed by atoms with Gasteiger partial charge in [0.1, 0.15) is 0 Å². The number of benzene rings is 2. The molecule has 126 valence electrons. The number of carbonyl (C=O) groups is 1. The topological polar surface area (TPSA) is 54.0 Å². The normalized spacial score (nSPS) is 10.3. The van der Waals surface area contributed by atoms with E-state index in [-0.39, 0.29) is 5.91 Å². The lowest BCUT2D eigenvalue weighted by Gasteiger charge is -2.09. The van der Waals surface area contributed by atoms with Crippen LogP contribution >= 0.6 is 0 Å². The third kappa shape index (κ3) is 4.91. The summed E-state index contributed by atoms with van der Waals surface area (Å²) in [6, 6.07) is 21.7. The highest BCUT2D eigenvalue weighted by Gasteiger charge is 2.06. The van der Waals surface area contributed by atoms with Crippen molar-refractivity contribution in [3.05, 3.63) is 89.7 Å². The predicted molar refractivity (Wildman–Crippen MR) is 102 cm³/mol. The first-order valence-electron chi connectivity index (χ1n) is 8.32. The number of hydrogen-bond acceptors (Lipinski definition) is 3. The molecule has 0 unspecified atom stereocenters. The molecule has 0 radical (unpaired) electrons. The maximum atomic E-state index is 12.2. The number of aryl methyl sites for hydroxylation is 1. The number of anilines is 2. The van der Waals surface area contributed by atoms with E-state index in [4.69, 9.17) is 0 Å². The second-order valence-corrected chi connectivity index (χ2v) is 5.88. The largest absolute Gasteiger partial charge is 0.385 e. The Morgan fingerprint density at radius 3 is 2.32 bits per heavy atom. The van der Waals surface area contributed by atoms with Gasteiger partial charge in [-0.15, -0.1) is 0 Å². The molecule has 0 aliphatic heterocycles. The summed E-state index contributed by atoms with van der Waals surface area (Å²) in [5.74, 6) is -0.155. The number of carbonyl (C=O) groups excluding carboxylic acids is 1. The van der Waals surface area contributed by atoms with Gasteiger partial charge in [-0.25, -0.2) is 0 Å². The molecule has 0 atom stereocenters. The van der Waals surface area contributed by atoms with Gasteiger partial charge in [-0.1, -0.05) is 30.3 Å². The van der Waals surface area contributed by atoms with Crippen LogP contribution in [0.15, 0.2) is 72.9 Å². The minimum absolute atomic E-state index is 0.155. The Bertz CT molecular complexity index is 812. The van der Waals surface area contributed by atoms with E-state index in [1.54, 1.807) is 12.3 Å². The number of pyridine rings is 1. The van der Waals surface area contributed by atoms with Crippen molar-refractivity contribution in [3.8, 4) is 0 Å². The van der Waals surface area contributed by atoms with Crippen LogP contribution in [-0.4, -0.2) is 17.4 Å². The molecule has 1 heterocycles. The molecule has 3 rings (SSSR count). The van der Waals surface area contributed by atoms with Crippen LogP contribution in [0.1, 0.15) is 21.6 Å². The van der Waals surface area contributed by atoms with Crippen molar-refractivity contribution in [1.82, 2.24) is 4.98 Å². The first-order chi connectivity index (χ1) is 12.2. The van der Waals surface area contributed by atoms with Gasteiger partial charge in [-0.05, 0) is 55.3 Å². The lowest BCUT2D eigenvalue weighted by Crippen LogP contribution is -2.12. The minimum atomic E-state index is -0.155. The maximum Gasteiger partial charge on any atom is 0.257 e. The molecular weight excluding hydrogens is 310 g/mol. The van der Waals surface area contributed by atoms with Crippen LogP contribution in [0, 0.1) is 6.92 Å². The average Bonchev–Trinajstić information content (AvgIpc) is 2.64. The molecule has 3 aromatic rings. The molecule has 1 amide bonds. The summed E-state index contributed by atoms with van der Waals surface area (Å²) in [6.07, 6.45) is 2.56. The lowest BCUT2D eigenvalue weighted by atomic mass is 10.1. The summed E-state index contributed by atoms with van der Waals surface area (Å²) in [7, 11) is 0. The molecular formula is C21H21N3O. The highest BCUT2D eigenvalue weighted by molar-refractivity contribution is 6.04. The quantitative estimate of drug-likeness (QED) is 0.708. The van der Waals surface area contributed by atoms with E-state index >= 15 is 0 Å². The van der Waals surface area contributed by atoms with Crippen molar-refractivity contribution in [3.63, 3.8) is 0 Å². The van der Waals surface area contributed by atoms with Gasteiger partial charge >= 0.3 is 0 Å². The molecule has 0 fully saturated rings. The highest BCUT2D eigenvalue weighted by Crippen LogP contribution is 2.15. The van der Waals surface area contributed by atoms with Crippen LogP contribution in [0.5, 0.6) is 0 Å². The smallest absolute Gasteiger partial charge is 0.257 e. The molecule has 0 spiro atoms. The van der Waals surface area contributed by atoms with Crippen LogP contribution in [0.25, 0.3) is 0 Å². The van der Waals surface area contributed by atoms with E-state index in [1.165, 1.54) is 5.56 Å². The molecule has 4 heteroatoms. The van der Waals surface area contributed by atoms with Gasteiger partial charge in [-0.2, -0.15) is 0 Å². The molecule has 2 aromatic carbocycles. The van der Waals surface area contributed by atoms with Crippen molar-refractivity contribution in [2.45, 2.75) is 13.3 Å². The Morgan fingerprint density at radius 1 is 0.920 bits per heavy atom. The molecule has 0 saturated carbocycles. The second kappa shape index (κ2) is 8.11. The Hall–Kier alpha value is -3.14. The SMILES string of the molecule is Cc1ccc(C(=O)Nc2ccc(NCCc3ccccc3)cc2)cn1. The fraction of sp³-hybridized carbons (Fsp3) is 0.143. The lowest BCUT2D eigenvalue weighted by molar-refractivity contribution is 0.102. The van der Waals surface area contributed by atoms with Crippen molar-refractivity contribution in [2.24, 2.45) is 0 Å². The first-order valence-corrected chi connectivity index (χ1v) is 8.32. The summed E-state index contributed by atoms with van der Waals surface area (Å²) in [5.41, 5.74) is 4.55. The standard InChI is InChI=1S/C21H21N3O/c1-16-7-8-18(15-23-16)21(25)24-20-11-9-19(10-12-20)22-14-13-17-5-3-2-4-6-17/h2-12,15,22H,13-14H2,1H3,(H,24,25). The van der Waals surface area contributed by atoms with Gasteiger partial charge in [0.15, 0.2) is 0 Å². The molecule has 0 aliphatic carbocycles. The van der Waals surface area contributed by atoms with Gasteiger partial charge in [0.2, 0.25) is 0 Å². The molecule has 2 N–H and O–H groups in total. The molecule has 25 heavy (non-hydrogen) atoms. The second-order valence-electron chi connectivity index (χ2n) is 5.88. The Labute approximate surface area is 147 Å². The zero-order chi connectivity index (χ0) is 17.5. The van der Waals surface area contributed by atoms with E-state index in [9.17, 15) is 4.79 Å². The minimum Gasteiger partial charge on any atom is -0.385 e. The number of nitrogens with zero attached hydrogens (tertiary/aromatic N) is 1. The van der Waals surface area contributed by atoms with Crippen molar-refractivity contribution in [1.29, 1.82) is 0 Å². The van der Waals surface area contributed by atoms with Crippen LogP contribution in [0.3, 0.4) is 0 Å². The zero-order valence-electron chi connectivity index (χ0n) is 14.2. The molecule has 4 nitrogen and oxygen atoms in total. The summed E-state index contributed by atoms with van der Waals surface area (Å²) in [6.45, 7) is 2.76. The first kappa shape index (κ1) is 16.7. The monoisotopic (exact) mass is 331 g/mol. The Kier molecular flexibility index (Phi) is 5.42. The van der Waals surface area contributed by atoms with E-state index in [2.05, 4.69) is 39.9 Å². The fourth-order valence-corrected chi connectivity index (χ4v) is 2.47. The predicted octanol–water partition coefficient (Wildman–Crippen LogP) is 4.30. The Morgan fingerprint density at radius 2 is 1.64 bits per heavy atom. The van der Waals surface area contributed by atoms with Gasteiger partial charge in [-0.3, -0.25) is 9.78 Å². The van der Waals surface area contributed by atoms with E-state index in [1.807, 2.05) is 43.3 Å². The summed E-state index contributed by atoms with van der Waals surface area (Å²) in [4.78, 5) is 16.3.